The summed E-state index contributed by atoms with van der Waals surface area (Å²) in [5, 5.41) is 3.00. The average molecular weight is 271 g/mol. The quantitative estimate of drug-likeness (QED) is 0.835. The molecule has 1 rings (SSSR count). The molecule has 0 aromatic heterocycles. The number of nitrogens with one attached hydrogen (secondary N) is 1. The number of hydrogen-bond acceptors (Lipinski definition) is 2. The summed E-state index contributed by atoms with van der Waals surface area (Å²) >= 11 is 0. The van der Waals surface area contributed by atoms with Crippen molar-refractivity contribution < 1.29 is 4.79 Å². The zero-order valence-electron chi connectivity index (χ0n) is 11.1. The molecule has 0 saturated heterocycles. The molecule has 1 unspecified atom stereocenters. The maximum atomic E-state index is 11.8. The fourth-order valence-electron chi connectivity index (χ4n) is 1.80. The van der Waals surface area contributed by atoms with E-state index in [2.05, 4.69) is 19.2 Å². The molecule has 1 atom stereocenters. The molecule has 4 heteroatoms. The van der Waals surface area contributed by atoms with Gasteiger partial charge in [0.2, 0.25) is 5.91 Å². The van der Waals surface area contributed by atoms with Crippen molar-refractivity contribution in [2.45, 2.75) is 45.2 Å². The van der Waals surface area contributed by atoms with Crippen LogP contribution in [0.3, 0.4) is 0 Å². The van der Waals surface area contributed by atoms with Crippen LogP contribution in [-0.2, 0) is 4.79 Å². The Labute approximate surface area is 116 Å². The minimum Gasteiger partial charge on any atom is -0.353 e. The minimum atomic E-state index is -0.217. The summed E-state index contributed by atoms with van der Waals surface area (Å²) in [5.41, 5.74) is 7.00. The second-order valence-electron chi connectivity index (χ2n) is 4.30. The molecular weight excluding hydrogens is 248 g/mol. The zero-order chi connectivity index (χ0) is 12.7. The molecule has 0 heterocycles. The van der Waals surface area contributed by atoms with E-state index >= 15 is 0 Å². The topological polar surface area (TPSA) is 55.1 Å². The van der Waals surface area contributed by atoms with Gasteiger partial charge >= 0.3 is 0 Å². The van der Waals surface area contributed by atoms with E-state index in [-0.39, 0.29) is 30.4 Å². The van der Waals surface area contributed by atoms with Gasteiger partial charge in [-0.05, 0) is 18.4 Å². The molecule has 0 fully saturated rings. The molecule has 0 saturated carbocycles. The van der Waals surface area contributed by atoms with Crippen molar-refractivity contribution in [1.82, 2.24) is 5.32 Å². The molecule has 0 aliphatic heterocycles. The van der Waals surface area contributed by atoms with Gasteiger partial charge in [-0.1, -0.05) is 44.2 Å². The Morgan fingerprint density at radius 3 is 2.28 bits per heavy atom. The summed E-state index contributed by atoms with van der Waals surface area (Å²) in [7, 11) is 0. The number of carbonyl (C=O) groups excluding carboxylic acids is 1. The Morgan fingerprint density at radius 1 is 1.22 bits per heavy atom. The fourth-order valence-corrected chi connectivity index (χ4v) is 1.80. The van der Waals surface area contributed by atoms with Gasteiger partial charge in [0.05, 0.1) is 0 Å². The van der Waals surface area contributed by atoms with Crippen LogP contribution in [0.4, 0.5) is 0 Å². The van der Waals surface area contributed by atoms with Crippen molar-refractivity contribution in [2.24, 2.45) is 5.73 Å². The van der Waals surface area contributed by atoms with E-state index < -0.39 is 0 Å². The third-order valence-electron chi connectivity index (χ3n) is 2.98. The van der Waals surface area contributed by atoms with Gasteiger partial charge in [0, 0.05) is 18.5 Å². The molecule has 1 amide bonds. The maximum absolute atomic E-state index is 11.8. The van der Waals surface area contributed by atoms with Crippen LogP contribution in [-0.4, -0.2) is 11.9 Å². The summed E-state index contributed by atoms with van der Waals surface area (Å²) in [6.07, 6.45) is 2.27. The highest BCUT2D eigenvalue weighted by Crippen LogP contribution is 2.13. The lowest BCUT2D eigenvalue weighted by molar-refractivity contribution is -0.122. The van der Waals surface area contributed by atoms with Crippen molar-refractivity contribution in [2.75, 3.05) is 0 Å². The largest absolute Gasteiger partial charge is 0.353 e. The summed E-state index contributed by atoms with van der Waals surface area (Å²) in [6.45, 7) is 4.15. The first kappa shape index (κ1) is 16.9. The van der Waals surface area contributed by atoms with Crippen LogP contribution in [0, 0.1) is 0 Å². The summed E-state index contributed by atoms with van der Waals surface area (Å²) in [6, 6.07) is 9.78. The number of halogens is 1. The van der Waals surface area contributed by atoms with Crippen molar-refractivity contribution in [3.8, 4) is 0 Å². The standard InChI is InChI=1S/C14H22N2O.ClH/c1-3-12(4-2)16-14(17)10-13(15)11-8-6-5-7-9-11;/h5-9,12-13H,3-4,10,15H2,1-2H3,(H,16,17);1H. The van der Waals surface area contributed by atoms with E-state index in [9.17, 15) is 4.79 Å². The van der Waals surface area contributed by atoms with Crippen LogP contribution < -0.4 is 11.1 Å². The average Bonchev–Trinajstić information content (AvgIpc) is 2.37. The lowest BCUT2D eigenvalue weighted by atomic mass is 10.0. The Hall–Kier alpha value is -1.06. The van der Waals surface area contributed by atoms with Crippen molar-refractivity contribution in [1.29, 1.82) is 0 Å². The van der Waals surface area contributed by atoms with Crippen LogP contribution >= 0.6 is 12.4 Å². The van der Waals surface area contributed by atoms with Gasteiger partial charge in [-0.15, -0.1) is 12.4 Å². The van der Waals surface area contributed by atoms with Crippen LogP contribution in [0.15, 0.2) is 30.3 Å². The highest BCUT2D eigenvalue weighted by molar-refractivity contribution is 5.85. The number of amides is 1. The van der Waals surface area contributed by atoms with Crippen LogP contribution in [0.5, 0.6) is 0 Å². The highest BCUT2D eigenvalue weighted by Gasteiger charge is 2.13. The number of hydrogen-bond donors (Lipinski definition) is 2. The van der Waals surface area contributed by atoms with Gasteiger partial charge < -0.3 is 11.1 Å². The molecule has 3 N–H and O–H groups in total. The number of carbonyl (C=O) groups is 1. The number of benzene rings is 1. The summed E-state index contributed by atoms with van der Waals surface area (Å²) in [5.74, 6) is 0.0371. The van der Waals surface area contributed by atoms with Gasteiger partial charge in [-0.3, -0.25) is 4.79 Å². The second-order valence-corrected chi connectivity index (χ2v) is 4.30. The molecule has 0 spiro atoms. The fraction of sp³-hybridized carbons (Fsp3) is 0.500. The molecule has 0 aliphatic rings. The van der Waals surface area contributed by atoms with Crippen molar-refractivity contribution in [3.63, 3.8) is 0 Å². The Morgan fingerprint density at radius 2 is 1.78 bits per heavy atom. The first-order valence-electron chi connectivity index (χ1n) is 6.27. The predicted molar refractivity (Wildman–Crippen MR) is 77.7 cm³/mol. The normalized spacial score (nSPS) is 11.8. The highest BCUT2D eigenvalue weighted by atomic mass is 35.5. The molecule has 3 nitrogen and oxygen atoms in total. The zero-order valence-corrected chi connectivity index (χ0v) is 11.9. The maximum Gasteiger partial charge on any atom is 0.222 e. The lowest BCUT2D eigenvalue weighted by Gasteiger charge is -2.17. The van der Waals surface area contributed by atoms with E-state index in [0.717, 1.165) is 18.4 Å². The van der Waals surface area contributed by atoms with E-state index in [1.807, 2.05) is 30.3 Å². The molecule has 102 valence electrons. The van der Waals surface area contributed by atoms with Gasteiger partial charge in [0.15, 0.2) is 0 Å². The van der Waals surface area contributed by atoms with E-state index in [4.69, 9.17) is 5.73 Å². The predicted octanol–water partition coefficient (Wildman–Crippen LogP) is 2.80. The molecule has 0 bridgehead atoms. The van der Waals surface area contributed by atoms with Gasteiger partial charge in [-0.2, -0.15) is 0 Å². The smallest absolute Gasteiger partial charge is 0.222 e. The lowest BCUT2D eigenvalue weighted by Crippen LogP contribution is -2.35. The van der Waals surface area contributed by atoms with E-state index in [1.54, 1.807) is 0 Å². The Kier molecular flexibility index (Phi) is 8.42. The third kappa shape index (κ3) is 5.52. The molecule has 0 aliphatic carbocycles. The van der Waals surface area contributed by atoms with Gasteiger partial charge in [0.25, 0.3) is 0 Å². The molecule has 0 radical (unpaired) electrons. The molecule has 18 heavy (non-hydrogen) atoms. The second kappa shape index (κ2) is 8.95. The van der Waals surface area contributed by atoms with E-state index in [1.165, 1.54) is 0 Å². The van der Waals surface area contributed by atoms with Crippen molar-refractivity contribution >= 4 is 18.3 Å². The molecule has 1 aromatic carbocycles. The summed E-state index contributed by atoms with van der Waals surface area (Å²) < 4.78 is 0. The van der Waals surface area contributed by atoms with Crippen LogP contribution in [0.2, 0.25) is 0 Å². The third-order valence-corrected chi connectivity index (χ3v) is 2.98. The Bertz CT molecular complexity index is 339. The molecule has 1 aromatic rings. The van der Waals surface area contributed by atoms with Gasteiger partial charge in [0.1, 0.15) is 0 Å². The van der Waals surface area contributed by atoms with Crippen LogP contribution in [0.1, 0.15) is 44.7 Å². The minimum absolute atomic E-state index is 0. The first-order valence-corrected chi connectivity index (χ1v) is 6.27. The number of nitrogens with two attached hydrogens (primary N) is 1. The number of rotatable bonds is 6. The van der Waals surface area contributed by atoms with Crippen LogP contribution in [0.25, 0.3) is 0 Å². The van der Waals surface area contributed by atoms with Crippen molar-refractivity contribution in [3.05, 3.63) is 35.9 Å². The first-order chi connectivity index (χ1) is 8.17. The molecular formula is C14H23ClN2O. The van der Waals surface area contributed by atoms with E-state index in [0.29, 0.717) is 6.42 Å². The van der Waals surface area contributed by atoms with Gasteiger partial charge in [-0.25, -0.2) is 0 Å². The summed E-state index contributed by atoms with van der Waals surface area (Å²) in [4.78, 5) is 11.8. The monoisotopic (exact) mass is 270 g/mol. The Balaban J connectivity index is 0.00000289. The SMILES string of the molecule is CCC(CC)NC(=O)CC(N)c1ccccc1.Cl.